The predicted molar refractivity (Wildman–Crippen MR) is 62.2 cm³/mol. The van der Waals surface area contributed by atoms with Crippen LogP contribution >= 0.6 is 0 Å². The number of nitro benzene ring substituents is 1. The number of carboxylic acids is 1. The fourth-order valence-electron chi connectivity index (χ4n) is 1.56. The molecule has 0 amide bonds. The number of aromatic hydroxyl groups is 2. The minimum Gasteiger partial charge on any atom is -0.504 e. The molecular formula is C11H11NO7. The van der Waals surface area contributed by atoms with Gasteiger partial charge in [0.05, 0.1) is 4.92 Å². The van der Waals surface area contributed by atoms with Crippen molar-refractivity contribution in [3.8, 4) is 11.5 Å². The van der Waals surface area contributed by atoms with E-state index in [9.17, 15) is 29.9 Å². The van der Waals surface area contributed by atoms with Gasteiger partial charge in [-0.15, -0.1) is 0 Å². The Hall–Kier alpha value is -2.64. The van der Waals surface area contributed by atoms with E-state index in [1.807, 2.05) is 0 Å². The van der Waals surface area contributed by atoms with Gasteiger partial charge in [0, 0.05) is 11.6 Å². The van der Waals surface area contributed by atoms with Crippen LogP contribution in [0.4, 0.5) is 5.69 Å². The molecule has 0 aliphatic carbocycles. The number of rotatable bonds is 5. The number of Topliss-reactive ketones (excluding diaryl/α,β-unsaturated/α-hetero) is 1. The van der Waals surface area contributed by atoms with E-state index in [0.29, 0.717) is 0 Å². The lowest BCUT2D eigenvalue weighted by Gasteiger charge is -2.09. The first-order chi connectivity index (χ1) is 8.79. The largest absolute Gasteiger partial charge is 0.504 e. The topological polar surface area (TPSA) is 138 Å². The number of ketones is 1. The van der Waals surface area contributed by atoms with Crippen LogP contribution in [0.2, 0.25) is 0 Å². The minimum atomic E-state index is -1.36. The van der Waals surface area contributed by atoms with Gasteiger partial charge in [0.1, 0.15) is 5.92 Å². The van der Waals surface area contributed by atoms with Crippen molar-refractivity contribution in [1.82, 2.24) is 0 Å². The third-order valence-corrected chi connectivity index (χ3v) is 2.57. The van der Waals surface area contributed by atoms with Crippen LogP contribution in [0.1, 0.15) is 23.7 Å². The number of hydrogen-bond acceptors (Lipinski definition) is 6. The van der Waals surface area contributed by atoms with Crippen molar-refractivity contribution in [2.75, 3.05) is 0 Å². The molecule has 3 N–H and O–H groups in total. The molecule has 8 nitrogen and oxygen atoms in total. The Morgan fingerprint density at radius 3 is 2.37 bits per heavy atom. The first kappa shape index (κ1) is 14.4. The second kappa shape index (κ2) is 5.34. The number of carbonyl (C=O) groups is 2. The Balaban J connectivity index is 3.32. The molecule has 0 aliphatic rings. The zero-order valence-corrected chi connectivity index (χ0v) is 9.86. The normalized spacial score (nSPS) is 11.8. The molecule has 8 heteroatoms. The van der Waals surface area contributed by atoms with Crippen molar-refractivity contribution in [3.63, 3.8) is 0 Å². The summed E-state index contributed by atoms with van der Waals surface area (Å²) in [5.41, 5.74) is -1.19. The van der Waals surface area contributed by atoms with Crippen LogP contribution in [0.5, 0.6) is 11.5 Å². The van der Waals surface area contributed by atoms with Gasteiger partial charge in [-0.25, -0.2) is 0 Å². The molecule has 0 fully saturated rings. The molecule has 1 rings (SSSR count). The second-order valence-corrected chi connectivity index (χ2v) is 3.78. The fraction of sp³-hybridized carbons (Fsp3) is 0.273. The van der Waals surface area contributed by atoms with E-state index >= 15 is 0 Å². The first-order valence-corrected chi connectivity index (χ1v) is 5.27. The lowest BCUT2D eigenvalue weighted by Crippen LogP contribution is -2.23. The average molecular weight is 269 g/mol. The Labute approximate surface area is 107 Å². The van der Waals surface area contributed by atoms with Crippen molar-refractivity contribution in [1.29, 1.82) is 0 Å². The summed E-state index contributed by atoms with van der Waals surface area (Å²) in [6.07, 6.45) is 0.00357. The maximum atomic E-state index is 11.9. The zero-order valence-electron chi connectivity index (χ0n) is 9.86. The number of nitro groups is 1. The summed E-state index contributed by atoms with van der Waals surface area (Å²) in [5.74, 6) is -5.40. The van der Waals surface area contributed by atoms with Crippen LogP contribution in [0.15, 0.2) is 12.1 Å². The molecule has 1 aromatic carbocycles. The predicted octanol–water partition coefficient (Wildman–Crippen LogP) is 1.30. The molecule has 0 radical (unpaired) electrons. The summed E-state index contributed by atoms with van der Waals surface area (Å²) in [7, 11) is 0. The highest BCUT2D eigenvalue weighted by Crippen LogP contribution is 2.36. The first-order valence-electron chi connectivity index (χ1n) is 5.27. The number of carboxylic acid groups (broad SMARTS) is 1. The molecule has 19 heavy (non-hydrogen) atoms. The fourth-order valence-corrected chi connectivity index (χ4v) is 1.56. The van der Waals surface area contributed by atoms with Gasteiger partial charge in [-0.1, -0.05) is 6.92 Å². The van der Waals surface area contributed by atoms with Gasteiger partial charge in [0.25, 0.3) is 0 Å². The molecule has 0 bridgehead atoms. The van der Waals surface area contributed by atoms with E-state index in [2.05, 4.69) is 0 Å². The Morgan fingerprint density at radius 1 is 1.37 bits per heavy atom. The maximum Gasteiger partial charge on any atom is 0.315 e. The van der Waals surface area contributed by atoms with Gasteiger partial charge in [-0.05, 0) is 12.5 Å². The van der Waals surface area contributed by atoms with Crippen molar-refractivity contribution < 1.29 is 29.8 Å². The minimum absolute atomic E-state index is 0.00357. The van der Waals surface area contributed by atoms with Gasteiger partial charge >= 0.3 is 11.7 Å². The summed E-state index contributed by atoms with van der Waals surface area (Å²) >= 11 is 0. The highest BCUT2D eigenvalue weighted by atomic mass is 16.6. The van der Waals surface area contributed by atoms with Crippen molar-refractivity contribution >= 4 is 17.4 Å². The van der Waals surface area contributed by atoms with E-state index < -0.39 is 39.8 Å². The summed E-state index contributed by atoms with van der Waals surface area (Å²) in [5, 5.41) is 38.0. The standard InChI is InChI=1S/C11H11NO7/c1-2-6(11(16)17)9(14)5-3-7(12(18)19)10(15)8(13)4-5/h3-4,6,13,15H,2H2,1H3,(H,16,17). The summed E-state index contributed by atoms with van der Waals surface area (Å²) in [4.78, 5) is 32.4. The second-order valence-electron chi connectivity index (χ2n) is 3.78. The number of benzene rings is 1. The van der Waals surface area contributed by atoms with E-state index in [-0.39, 0.29) is 12.0 Å². The molecule has 1 atom stereocenters. The van der Waals surface area contributed by atoms with Crippen LogP contribution < -0.4 is 0 Å². The Kier molecular flexibility index (Phi) is 4.05. The number of carbonyl (C=O) groups excluding carboxylic acids is 1. The van der Waals surface area contributed by atoms with Gasteiger partial charge < -0.3 is 15.3 Å². The van der Waals surface area contributed by atoms with Gasteiger partial charge in [0.2, 0.25) is 5.75 Å². The van der Waals surface area contributed by atoms with E-state index in [4.69, 9.17) is 5.11 Å². The lowest BCUT2D eigenvalue weighted by molar-refractivity contribution is -0.386. The number of nitrogens with zero attached hydrogens (tertiary/aromatic N) is 1. The van der Waals surface area contributed by atoms with Crippen molar-refractivity contribution in [2.24, 2.45) is 5.92 Å². The van der Waals surface area contributed by atoms with Gasteiger partial charge in [-0.3, -0.25) is 19.7 Å². The Bertz CT molecular complexity index is 552. The van der Waals surface area contributed by atoms with E-state index in [1.54, 1.807) is 0 Å². The van der Waals surface area contributed by atoms with Crippen molar-refractivity contribution in [2.45, 2.75) is 13.3 Å². The van der Waals surface area contributed by atoms with Gasteiger partial charge in [0.15, 0.2) is 11.5 Å². The molecule has 0 spiro atoms. The smallest absolute Gasteiger partial charge is 0.315 e. The summed E-state index contributed by atoms with van der Waals surface area (Å²) in [6, 6.07) is 1.54. The van der Waals surface area contributed by atoms with E-state index in [0.717, 1.165) is 12.1 Å². The molecule has 0 saturated heterocycles. The number of phenolic OH excluding ortho intramolecular Hbond substituents is 2. The molecule has 0 aliphatic heterocycles. The third-order valence-electron chi connectivity index (χ3n) is 2.57. The number of aliphatic carboxylic acids is 1. The summed E-state index contributed by atoms with van der Waals surface area (Å²) < 4.78 is 0. The van der Waals surface area contributed by atoms with Crippen LogP contribution in [0, 0.1) is 16.0 Å². The van der Waals surface area contributed by atoms with Crippen LogP contribution in [-0.4, -0.2) is 32.0 Å². The van der Waals surface area contributed by atoms with Crippen LogP contribution in [0.25, 0.3) is 0 Å². The van der Waals surface area contributed by atoms with Crippen LogP contribution in [0.3, 0.4) is 0 Å². The molecule has 0 saturated carbocycles. The highest BCUT2D eigenvalue weighted by Gasteiger charge is 2.29. The Morgan fingerprint density at radius 2 is 1.95 bits per heavy atom. The number of phenols is 2. The summed E-state index contributed by atoms with van der Waals surface area (Å²) in [6.45, 7) is 1.48. The molecule has 1 unspecified atom stereocenters. The lowest BCUT2D eigenvalue weighted by atomic mass is 9.95. The molecular weight excluding hydrogens is 258 g/mol. The van der Waals surface area contributed by atoms with Crippen molar-refractivity contribution in [3.05, 3.63) is 27.8 Å². The highest BCUT2D eigenvalue weighted by molar-refractivity contribution is 6.08. The van der Waals surface area contributed by atoms with Crippen LogP contribution in [-0.2, 0) is 4.79 Å². The SMILES string of the molecule is CCC(C(=O)O)C(=O)c1cc(O)c(O)c([N+](=O)[O-])c1. The van der Waals surface area contributed by atoms with Gasteiger partial charge in [-0.2, -0.15) is 0 Å². The average Bonchev–Trinajstić information content (AvgIpc) is 2.32. The molecule has 1 aromatic rings. The zero-order chi connectivity index (χ0) is 14.7. The quantitative estimate of drug-likeness (QED) is 0.241. The molecule has 0 aromatic heterocycles. The molecule has 0 heterocycles. The third kappa shape index (κ3) is 2.79. The monoisotopic (exact) mass is 269 g/mol. The van der Waals surface area contributed by atoms with E-state index in [1.165, 1.54) is 6.92 Å². The number of hydrogen-bond donors (Lipinski definition) is 3. The molecule has 102 valence electrons. The maximum absolute atomic E-state index is 11.9.